The number of amides is 2. The number of rotatable bonds is 58. The maximum Gasteiger partial charge on any atom is 0.364 e. The van der Waals surface area contributed by atoms with Crippen molar-refractivity contribution >= 4 is 17.8 Å². The summed E-state index contributed by atoms with van der Waals surface area (Å²) in [6.07, 6.45) is -36.5. The van der Waals surface area contributed by atoms with E-state index >= 15 is 0 Å². The van der Waals surface area contributed by atoms with Crippen LogP contribution in [0, 0.1) is 0 Å². The van der Waals surface area contributed by atoms with Gasteiger partial charge in [-0.05, 0) is 12.8 Å². The number of carboxylic acid groups (broad SMARTS) is 1. The first-order valence-corrected chi connectivity index (χ1v) is 43.1. The summed E-state index contributed by atoms with van der Waals surface area (Å²) in [6, 6.07) is -3.43. The lowest BCUT2D eigenvalue weighted by molar-refractivity contribution is -0.395. The van der Waals surface area contributed by atoms with Crippen LogP contribution in [0.15, 0.2) is 0 Å². The predicted molar refractivity (Wildman–Crippen MR) is 411 cm³/mol. The van der Waals surface area contributed by atoms with Crippen LogP contribution in [0.25, 0.3) is 0 Å². The molecule has 0 spiro atoms. The summed E-state index contributed by atoms with van der Waals surface area (Å²) in [4.78, 5) is 40.7. The zero-order chi connectivity index (χ0) is 87.6. The number of unbranched alkanes of at least 4 members (excludes halogenated alkanes) is 26. The Labute approximate surface area is 694 Å². The molecule has 40 heteroatoms. The molecule has 25 N–H and O–H groups in total. The fraction of sp³-hybridized carbons (Fsp3) is 0.962. The SMILES string of the molecule is CCCCCCCCCCCCCCCCCCCC[C@@H](O)C(=O)N[C@@H](CO[C@@H]1O[C@H](CO)[C@@H](O[C@@H]2O[C@H](CO)[C@H](O[C@]3(C(=O)O)C[C@H](O[C@H]4O[C@H](CO)[C@H](O)[C@H](O[C@H]5O[C@H](CO)[C@H](O)[C@H](O[C@@H]6O[C@@H]([C@@H](O)CO)[C@H](O)[C@H]6O)[C@H]5O)[C@H]4O)[C@@H](NC(C)=O)[C@H]([C@H](O)[C@H](O)CO)O3)[C@H](O)[C@H]2O)[C@H](O)[C@H]1O)[C@H](O)[C@H](O)CCCCCCCCCCCC. The van der Waals surface area contributed by atoms with Gasteiger partial charge in [0.2, 0.25) is 11.8 Å². The number of carbonyl (C=O) groups excluding carboxylic acids is 2. The van der Waals surface area contributed by atoms with Crippen LogP contribution in [0.2, 0.25) is 0 Å². The number of carboxylic acids is 1. The van der Waals surface area contributed by atoms with Crippen molar-refractivity contribution < 1.29 is 189 Å². The van der Waals surface area contributed by atoms with E-state index in [1.165, 1.54) is 89.9 Å². The largest absolute Gasteiger partial charge is 0.477 e. The molecule has 0 saturated carbocycles. The van der Waals surface area contributed by atoms with Crippen LogP contribution in [0.5, 0.6) is 0 Å². The highest BCUT2D eigenvalue weighted by atomic mass is 16.8. The Morgan fingerprint density at radius 3 is 1.27 bits per heavy atom. The van der Waals surface area contributed by atoms with E-state index in [2.05, 4.69) is 24.5 Å². The maximum absolute atomic E-state index is 13.9. The van der Waals surface area contributed by atoms with Crippen molar-refractivity contribution in [2.45, 2.75) is 434 Å². The molecule has 0 unspecified atom stereocenters. The molecule has 0 aromatic heterocycles. The first-order valence-electron chi connectivity index (χ1n) is 43.1. The normalized spacial score (nSPS) is 36.3. The van der Waals surface area contributed by atoms with E-state index < -0.39 is 285 Å². The third-order valence-corrected chi connectivity index (χ3v) is 23.3. The van der Waals surface area contributed by atoms with Crippen molar-refractivity contribution in [1.29, 1.82) is 0 Å². The Bertz CT molecular complexity index is 2770. The fourth-order valence-electron chi connectivity index (χ4n) is 16.1. The summed E-state index contributed by atoms with van der Waals surface area (Å²) < 4.78 is 69.8. The molecule has 6 aliphatic heterocycles. The van der Waals surface area contributed by atoms with E-state index in [0.29, 0.717) is 12.8 Å². The molecule has 0 radical (unpaired) electrons. The fourth-order valence-corrected chi connectivity index (χ4v) is 16.1. The van der Waals surface area contributed by atoms with Gasteiger partial charge in [-0.3, -0.25) is 9.59 Å². The smallest absolute Gasteiger partial charge is 0.364 e. The minimum atomic E-state index is -3.44. The van der Waals surface area contributed by atoms with Crippen molar-refractivity contribution in [3.8, 4) is 0 Å². The summed E-state index contributed by atoms with van der Waals surface area (Å²) in [5.41, 5.74) is 0. The van der Waals surface area contributed by atoms with Crippen LogP contribution < -0.4 is 10.6 Å². The second-order valence-corrected chi connectivity index (χ2v) is 32.7. The van der Waals surface area contributed by atoms with Crippen molar-refractivity contribution in [2.75, 3.05) is 46.2 Å². The molecule has 6 aliphatic rings. The van der Waals surface area contributed by atoms with E-state index in [0.717, 1.165) is 84.0 Å². The third-order valence-electron chi connectivity index (χ3n) is 23.3. The summed E-state index contributed by atoms with van der Waals surface area (Å²) in [5, 5.41) is 260. The van der Waals surface area contributed by atoms with Gasteiger partial charge < -0.3 is 185 Å². The first-order chi connectivity index (χ1) is 56.9. The molecule has 698 valence electrons. The predicted octanol–water partition coefficient (Wildman–Crippen LogP) is -4.42. The van der Waals surface area contributed by atoms with Crippen LogP contribution >= 0.6 is 0 Å². The molecule has 35 atom stereocenters. The summed E-state index contributed by atoms with van der Waals surface area (Å²) >= 11 is 0. The molecular weight excluding hydrogens is 1580 g/mol. The van der Waals surface area contributed by atoms with Gasteiger partial charge >= 0.3 is 5.97 Å². The molecule has 6 heterocycles. The Morgan fingerprint density at radius 2 is 0.815 bits per heavy atom. The standard InChI is InChI=1S/C79H144N2O38/c1-4-6-8-10-12-14-16-17-18-19-20-21-22-23-25-27-29-31-33-45(90)72(105)81-43(54(93)44(89)32-30-28-26-24-15-13-11-9-7-5-2)41-108-73-61(100)59(98)67(51(39-86)112-73)115-74-63(102)60(99)68(52(40-87)113-74)118-79(78(106)107)34-48(53(80-42(3)88)69(119-79)55(94)46(91)35-82)109-76-64(103)70(56(95)49(37-84)110-76)117-77-65(104)71(57(96)50(38-85)111-77)116-75-62(101)58(97)66(114-75)47(92)36-83/h43-71,73-77,82-87,89-104H,4-41H2,1-3H3,(H,80,88)(H,81,105)(H,106,107)/t43-,44+,45+,46+,47-,48-,49+,50+,51+,52+,53+,54-,55+,56-,57-,58+,59+,60+,61+,62+,63+,64+,65+,66-,67+,68-,69+,70-,71-,73+,74-,75-,76-,77+,79+/m0/s1. The number of aliphatic hydroxyl groups excluding tert-OH is 22. The number of hydrogen-bond donors (Lipinski definition) is 25. The molecule has 40 nitrogen and oxygen atoms in total. The van der Waals surface area contributed by atoms with Crippen molar-refractivity contribution in [3.63, 3.8) is 0 Å². The number of aliphatic carboxylic acids is 1. The number of nitrogens with one attached hydrogen (secondary N) is 2. The number of aliphatic hydroxyl groups is 22. The zero-order valence-electron chi connectivity index (χ0n) is 68.9. The van der Waals surface area contributed by atoms with E-state index in [1.54, 1.807) is 0 Å². The highest BCUT2D eigenvalue weighted by Crippen LogP contribution is 2.42. The first kappa shape index (κ1) is 105. The van der Waals surface area contributed by atoms with Crippen LogP contribution in [0.3, 0.4) is 0 Å². The van der Waals surface area contributed by atoms with Gasteiger partial charge in [0.05, 0.1) is 70.5 Å². The Kier molecular flexibility index (Phi) is 47.8. The Hall–Kier alpha value is -2.95. The maximum atomic E-state index is 13.9. The molecule has 119 heavy (non-hydrogen) atoms. The van der Waals surface area contributed by atoms with E-state index in [-0.39, 0.29) is 12.8 Å². The Balaban J connectivity index is 1.13. The minimum absolute atomic E-state index is 0.0821. The van der Waals surface area contributed by atoms with Crippen LogP contribution in [0.4, 0.5) is 0 Å². The van der Waals surface area contributed by atoms with Crippen LogP contribution in [0.1, 0.15) is 220 Å². The minimum Gasteiger partial charge on any atom is -0.477 e. The van der Waals surface area contributed by atoms with Gasteiger partial charge in [0.1, 0.15) is 153 Å². The van der Waals surface area contributed by atoms with E-state index in [1.807, 2.05) is 0 Å². The lowest BCUT2D eigenvalue weighted by Gasteiger charge is -2.52. The summed E-state index contributed by atoms with van der Waals surface area (Å²) in [6.45, 7) is -2.23. The monoisotopic (exact) mass is 1730 g/mol. The van der Waals surface area contributed by atoms with Gasteiger partial charge in [-0.15, -0.1) is 0 Å². The van der Waals surface area contributed by atoms with Gasteiger partial charge in [0.15, 0.2) is 31.5 Å². The lowest BCUT2D eigenvalue weighted by Crippen LogP contribution is -2.72. The third kappa shape index (κ3) is 30.6. The summed E-state index contributed by atoms with van der Waals surface area (Å²) in [5.74, 6) is -7.52. The van der Waals surface area contributed by atoms with Crippen molar-refractivity contribution in [3.05, 3.63) is 0 Å². The molecule has 0 aromatic carbocycles. The molecule has 6 fully saturated rings. The van der Waals surface area contributed by atoms with Crippen LogP contribution in [-0.4, -0.2) is 396 Å². The van der Waals surface area contributed by atoms with Crippen molar-refractivity contribution in [2.24, 2.45) is 0 Å². The van der Waals surface area contributed by atoms with Gasteiger partial charge in [0.25, 0.3) is 5.79 Å². The van der Waals surface area contributed by atoms with E-state index in [9.17, 15) is 132 Å². The number of ether oxygens (including phenoxy) is 12. The lowest BCUT2D eigenvalue weighted by atomic mass is 9.87. The second kappa shape index (κ2) is 54.3. The average Bonchev–Trinajstić information content (AvgIpc) is 1.32. The average molecular weight is 1730 g/mol. The quantitative estimate of drug-likeness (QED) is 0.0256. The molecule has 0 bridgehead atoms. The second-order valence-electron chi connectivity index (χ2n) is 32.7. The topological polar surface area (TPSA) is 651 Å². The highest BCUT2D eigenvalue weighted by Gasteiger charge is 2.63. The van der Waals surface area contributed by atoms with Gasteiger partial charge in [-0.2, -0.15) is 0 Å². The molecule has 6 saturated heterocycles. The van der Waals surface area contributed by atoms with Gasteiger partial charge in [-0.25, -0.2) is 4.79 Å². The molecule has 6 rings (SSSR count). The molecular formula is C79H144N2O38. The number of carbonyl (C=O) groups is 3. The number of hydrogen-bond acceptors (Lipinski definition) is 37. The summed E-state index contributed by atoms with van der Waals surface area (Å²) in [7, 11) is 0. The van der Waals surface area contributed by atoms with Crippen LogP contribution in [-0.2, 0) is 71.2 Å². The van der Waals surface area contributed by atoms with Crippen molar-refractivity contribution in [1.82, 2.24) is 10.6 Å². The molecule has 2 amide bonds. The Morgan fingerprint density at radius 1 is 0.420 bits per heavy atom. The van der Waals surface area contributed by atoms with E-state index in [4.69, 9.17) is 56.8 Å². The zero-order valence-corrected chi connectivity index (χ0v) is 68.9. The van der Waals surface area contributed by atoms with Gasteiger partial charge in [0, 0.05) is 13.3 Å². The highest BCUT2D eigenvalue weighted by molar-refractivity contribution is 5.80. The molecule has 0 aliphatic carbocycles. The van der Waals surface area contributed by atoms with Gasteiger partial charge in [-0.1, -0.05) is 194 Å². The molecule has 0 aromatic rings.